The second-order valence-corrected chi connectivity index (χ2v) is 4.99. The van der Waals surface area contributed by atoms with E-state index >= 15 is 0 Å². The molecule has 1 saturated heterocycles. The molecule has 3 nitrogen and oxygen atoms in total. The van der Waals surface area contributed by atoms with Crippen LogP contribution in [0.4, 0.5) is 0 Å². The zero-order valence-electron chi connectivity index (χ0n) is 10.2. The molecule has 1 aliphatic heterocycles. The van der Waals surface area contributed by atoms with Crippen molar-refractivity contribution in [3.63, 3.8) is 0 Å². The number of benzene rings is 1. The first-order valence-corrected chi connectivity index (χ1v) is 6.30. The quantitative estimate of drug-likeness (QED) is 0.843. The predicted octanol–water partition coefficient (Wildman–Crippen LogP) is 1.96. The van der Waals surface area contributed by atoms with E-state index in [2.05, 4.69) is 52.7 Å². The molecule has 2 aromatic rings. The molecular formula is C14H19N3. The minimum Gasteiger partial charge on any atom is -0.361 e. The number of fused-ring (bicyclic) bond motifs is 1. The van der Waals surface area contributed by atoms with Crippen molar-refractivity contribution in [2.75, 3.05) is 20.1 Å². The number of para-hydroxylation sites is 1. The molecule has 0 aliphatic carbocycles. The Balaban J connectivity index is 1.69. The molecule has 3 heteroatoms. The Kier molecular flexibility index (Phi) is 2.87. The highest BCUT2D eigenvalue weighted by molar-refractivity contribution is 5.82. The van der Waals surface area contributed by atoms with E-state index in [1.165, 1.54) is 36.0 Å². The van der Waals surface area contributed by atoms with Gasteiger partial charge in [-0.25, -0.2) is 0 Å². The van der Waals surface area contributed by atoms with Gasteiger partial charge in [-0.05, 0) is 31.6 Å². The molecule has 1 aromatic heterocycles. The molecule has 90 valence electrons. The van der Waals surface area contributed by atoms with E-state index in [4.69, 9.17) is 0 Å². The fraction of sp³-hybridized carbons (Fsp3) is 0.429. The molecule has 17 heavy (non-hydrogen) atoms. The van der Waals surface area contributed by atoms with Crippen molar-refractivity contribution in [3.8, 4) is 0 Å². The van der Waals surface area contributed by atoms with Crippen LogP contribution in [-0.2, 0) is 6.54 Å². The summed E-state index contributed by atoms with van der Waals surface area (Å²) in [7, 11) is 2.19. The van der Waals surface area contributed by atoms with Crippen molar-refractivity contribution < 1.29 is 0 Å². The lowest BCUT2D eigenvalue weighted by molar-refractivity contribution is 0.398. The largest absolute Gasteiger partial charge is 0.361 e. The molecule has 0 spiro atoms. The molecule has 1 unspecified atom stereocenters. The zero-order chi connectivity index (χ0) is 11.7. The van der Waals surface area contributed by atoms with Crippen molar-refractivity contribution >= 4 is 10.9 Å². The Hall–Kier alpha value is -1.32. The van der Waals surface area contributed by atoms with E-state index in [1.54, 1.807) is 0 Å². The average Bonchev–Trinajstić information content (AvgIpc) is 2.93. The number of nitrogens with zero attached hydrogens (tertiary/aromatic N) is 1. The van der Waals surface area contributed by atoms with Gasteiger partial charge in [0.25, 0.3) is 0 Å². The van der Waals surface area contributed by atoms with Gasteiger partial charge in [0.2, 0.25) is 0 Å². The maximum absolute atomic E-state index is 3.64. The van der Waals surface area contributed by atoms with Crippen molar-refractivity contribution in [2.24, 2.45) is 0 Å². The summed E-state index contributed by atoms with van der Waals surface area (Å²) >= 11 is 0. The number of H-pyrrole nitrogens is 1. The number of hydrogen-bond donors (Lipinski definition) is 2. The van der Waals surface area contributed by atoms with Crippen molar-refractivity contribution in [1.29, 1.82) is 0 Å². The molecule has 0 radical (unpaired) electrons. The summed E-state index contributed by atoms with van der Waals surface area (Å²) < 4.78 is 0. The molecule has 2 N–H and O–H groups in total. The molecule has 1 aliphatic rings. The van der Waals surface area contributed by atoms with Crippen LogP contribution in [0.5, 0.6) is 0 Å². The molecular weight excluding hydrogens is 210 g/mol. The Morgan fingerprint density at radius 3 is 3.12 bits per heavy atom. The van der Waals surface area contributed by atoms with Gasteiger partial charge in [0, 0.05) is 36.2 Å². The topological polar surface area (TPSA) is 31.1 Å². The number of likely N-dealkylation sites (tertiary alicyclic amines) is 1. The SMILES string of the molecule is CN1CCC(NCc2c[nH]c3ccccc23)C1. The maximum Gasteiger partial charge on any atom is 0.0457 e. The molecule has 1 fully saturated rings. The van der Waals surface area contributed by atoms with Crippen LogP contribution in [0.3, 0.4) is 0 Å². The molecule has 2 heterocycles. The van der Waals surface area contributed by atoms with E-state index < -0.39 is 0 Å². The normalized spacial score (nSPS) is 21.4. The Morgan fingerprint density at radius 2 is 2.29 bits per heavy atom. The van der Waals surface area contributed by atoms with Crippen LogP contribution in [0, 0.1) is 0 Å². The third-order valence-electron chi connectivity index (χ3n) is 3.65. The monoisotopic (exact) mass is 229 g/mol. The van der Waals surface area contributed by atoms with Crippen LogP contribution >= 0.6 is 0 Å². The number of aromatic amines is 1. The summed E-state index contributed by atoms with van der Waals surface area (Å²) in [6, 6.07) is 9.13. The number of hydrogen-bond acceptors (Lipinski definition) is 2. The van der Waals surface area contributed by atoms with Crippen LogP contribution < -0.4 is 5.32 Å². The van der Waals surface area contributed by atoms with Crippen molar-refractivity contribution in [2.45, 2.75) is 19.0 Å². The third kappa shape index (κ3) is 2.21. The predicted molar refractivity (Wildman–Crippen MR) is 71.0 cm³/mol. The van der Waals surface area contributed by atoms with Crippen LogP contribution in [0.2, 0.25) is 0 Å². The van der Waals surface area contributed by atoms with Gasteiger partial charge in [-0.3, -0.25) is 0 Å². The number of aromatic nitrogens is 1. The summed E-state index contributed by atoms with van der Waals surface area (Å²) in [4.78, 5) is 5.70. The Bertz CT molecular complexity index is 503. The highest BCUT2D eigenvalue weighted by Gasteiger charge is 2.18. The van der Waals surface area contributed by atoms with Gasteiger partial charge < -0.3 is 15.2 Å². The van der Waals surface area contributed by atoms with Crippen LogP contribution in [0.25, 0.3) is 10.9 Å². The second kappa shape index (κ2) is 4.51. The second-order valence-electron chi connectivity index (χ2n) is 4.99. The highest BCUT2D eigenvalue weighted by atomic mass is 15.2. The number of rotatable bonds is 3. The molecule has 1 aromatic carbocycles. The average molecular weight is 229 g/mol. The zero-order valence-corrected chi connectivity index (χ0v) is 10.2. The van der Waals surface area contributed by atoms with Gasteiger partial charge in [-0.15, -0.1) is 0 Å². The highest BCUT2D eigenvalue weighted by Crippen LogP contribution is 2.18. The summed E-state index contributed by atoms with van der Waals surface area (Å²) in [6.07, 6.45) is 3.38. The van der Waals surface area contributed by atoms with Crippen molar-refractivity contribution in [3.05, 3.63) is 36.0 Å². The first-order chi connectivity index (χ1) is 8.33. The summed E-state index contributed by atoms with van der Waals surface area (Å²) in [5.41, 5.74) is 2.60. The van der Waals surface area contributed by atoms with Gasteiger partial charge in [0.15, 0.2) is 0 Å². The Morgan fingerprint density at radius 1 is 1.41 bits per heavy atom. The molecule has 3 rings (SSSR count). The van der Waals surface area contributed by atoms with Gasteiger partial charge in [-0.2, -0.15) is 0 Å². The van der Waals surface area contributed by atoms with Crippen LogP contribution in [-0.4, -0.2) is 36.1 Å². The van der Waals surface area contributed by atoms with E-state index in [9.17, 15) is 0 Å². The van der Waals surface area contributed by atoms with E-state index in [0.29, 0.717) is 6.04 Å². The van der Waals surface area contributed by atoms with Gasteiger partial charge in [-0.1, -0.05) is 18.2 Å². The minimum absolute atomic E-state index is 0.647. The number of likely N-dealkylation sites (N-methyl/N-ethyl adjacent to an activating group) is 1. The Labute approximate surface area is 102 Å². The van der Waals surface area contributed by atoms with Gasteiger partial charge in [0.1, 0.15) is 0 Å². The van der Waals surface area contributed by atoms with E-state index in [1.807, 2.05) is 0 Å². The fourth-order valence-corrected chi connectivity index (χ4v) is 2.63. The molecule has 0 amide bonds. The lowest BCUT2D eigenvalue weighted by Crippen LogP contribution is -2.30. The third-order valence-corrected chi connectivity index (χ3v) is 3.65. The summed E-state index contributed by atoms with van der Waals surface area (Å²) in [5.74, 6) is 0. The smallest absolute Gasteiger partial charge is 0.0457 e. The first-order valence-electron chi connectivity index (χ1n) is 6.30. The van der Waals surface area contributed by atoms with Crippen LogP contribution in [0.15, 0.2) is 30.5 Å². The summed E-state index contributed by atoms with van der Waals surface area (Å²) in [6.45, 7) is 3.34. The molecule has 1 atom stereocenters. The van der Waals surface area contributed by atoms with E-state index in [0.717, 1.165) is 6.54 Å². The summed E-state index contributed by atoms with van der Waals surface area (Å²) in [5, 5.41) is 4.98. The van der Waals surface area contributed by atoms with Gasteiger partial charge >= 0.3 is 0 Å². The van der Waals surface area contributed by atoms with E-state index in [-0.39, 0.29) is 0 Å². The maximum atomic E-state index is 3.64. The van der Waals surface area contributed by atoms with Crippen LogP contribution in [0.1, 0.15) is 12.0 Å². The van der Waals surface area contributed by atoms with Crippen molar-refractivity contribution in [1.82, 2.24) is 15.2 Å². The standard InChI is InChI=1S/C14H19N3/c1-17-7-6-12(10-17)15-8-11-9-16-14-5-3-2-4-13(11)14/h2-5,9,12,15-16H,6-8,10H2,1H3. The molecule has 0 bridgehead atoms. The fourth-order valence-electron chi connectivity index (χ4n) is 2.63. The number of nitrogens with one attached hydrogen (secondary N) is 2. The minimum atomic E-state index is 0.647. The van der Waals surface area contributed by atoms with Gasteiger partial charge in [0.05, 0.1) is 0 Å². The lowest BCUT2D eigenvalue weighted by Gasteiger charge is -2.12. The molecule has 0 saturated carbocycles. The lowest BCUT2D eigenvalue weighted by atomic mass is 10.1. The first kappa shape index (κ1) is 10.8.